The molecule has 2 heterocycles. The van der Waals surface area contributed by atoms with E-state index in [1.807, 2.05) is 0 Å². The molecule has 0 saturated heterocycles. The lowest BCUT2D eigenvalue weighted by Crippen LogP contribution is -2.24. The van der Waals surface area contributed by atoms with E-state index < -0.39 is 11.9 Å². The van der Waals surface area contributed by atoms with Crippen molar-refractivity contribution in [3.63, 3.8) is 0 Å². The predicted molar refractivity (Wildman–Crippen MR) is 92.7 cm³/mol. The number of carbonyl (C=O) groups is 3. The molecule has 1 unspecified atom stereocenters. The minimum absolute atomic E-state index is 0.0369. The number of benzene rings is 1. The van der Waals surface area contributed by atoms with Crippen LogP contribution in [-0.2, 0) is 11.3 Å². The topological polar surface area (TPSA) is 115 Å². The first kappa shape index (κ1) is 16.8. The highest BCUT2D eigenvalue weighted by molar-refractivity contribution is 6.26. The SMILES string of the molecule is CC(C(=O)O)c1ccc(Cn2nnc3c2C(=O)c2cnccc2C3=O)cc1. The Hall–Kier alpha value is -3.68. The second-order valence-electron chi connectivity index (χ2n) is 6.33. The normalized spacial score (nSPS) is 13.8. The average molecular weight is 362 g/mol. The van der Waals surface area contributed by atoms with Gasteiger partial charge >= 0.3 is 5.97 Å². The van der Waals surface area contributed by atoms with Crippen molar-refractivity contribution < 1.29 is 19.5 Å². The van der Waals surface area contributed by atoms with Crippen LogP contribution in [0.4, 0.5) is 0 Å². The second-order valence-corrected chi connectivity index (χ2v) is 6.33. The highest BCUT2D eigenvalue weighted by Gasteiger charge is 2.35. The number of nitrogens with zero attached hydrogens (tertiary/aromatic N) is 4. The molecule has 1 atom stereocenters. The Balaban J connectivity index is 1.66. The van der Waals surface area contributed by atoms with Gasteiger partial charge in [-0.15, -0.1) is 5.10 Å². The predicted octanol–water partition coefficient (Wildman–Crippen LogP) is 1.68. The molecule has 1 aliphatic carbocycles. The van der Waals surface area contributed by atoms with Crippen LogP contribution in [-0.4, -0.2) is 42.6 Å². The summed E-state index contributed by atoms with van der Waals surface area (Å²) in [7, 11) is 0. The monoisotopic (exact) mass is 362 g/mol. The number of hydrogen-bond donors (Lipinski definition) is 1. The maximum Gasteiger partial charge on any atom is 0.310 e. The molecule has 8 nitrogen and oxygen atoms in total. The number of fused-ring (bicyclic) bond motifs is 2. The van der Waals surface area contributed by atoms with E-state index in [1.54, 1.807) is 31.2 Å². The van der Waals surface area contributed by atoms with Crippen molar-refractivity contribution in [3.8, 4) is 0 Å². The lowest BCUT2D eigenvalue weighted by atomic mass is 9.91. The summed E-state index contributed by atoms with van der Waals surface area (Å²) in [5.74, 6) is -2.20. The maximum absolute atomic E-state index is 12.8. The zero-order chi connectivity index (χ0) is 19.1. The first-order valence-electron chi connectivity index (χ1n) is 8.26. The minimum Gasteiger partial charge on any atom is -0.481 e. The van der Waals surface area contributed by atoms with Gasteiger partial charge in [0.15, 0.2) is 5.69 Å². The molecule has 1 aliphatic rings. The van der Waals surface area contributed by atoms with Gasteiger partial charge in [-0.05, 0) is 24.1 Å². The quantitative estimate of drug-likeness (QED) is 0.587. The fourth-order valence-corrected chi connectivity index (χ4v) is 3.06. The number of pyridine rings is 1. The van der Waals surface area contributed by atoms with E-state index in [0.717, 1.165) is 5.56 Å². The summed E-state index contributed by atoms with van der Waals surface area (Å²) < 4.78 is 1.39. The number of aliphatic carboxylic acids is 1. The van der Waals surface area contributed by atoms with Gasteiger partial charge in [-0.3, -0.25) is 19.4 Å². The fraction of sp³-hybridized carbons (Fsp3) is 0.158. The Bertz CT molecular complexity index is 1090. The smallest absolute Gasteiger partial charge is 0.310 e. The number of ketones is 2. The van der Waals surface area contributed by atoms with Gasteiger partial charge in [-0.2, -0.15) is 0 Å². The lowest BCUT2D eigenvalue weighted by molar-refractivity contribution is -0.138. The molecule has 0 aliphatic heterocycles. The van der Waals surface area contributed by atoms with E-state index >= 15 is 0 Å². The van der Waals surface area contributed by atoms with Gasteiger partial charge in [0.25, 0.3) is 0 Å². The third-order valence-electron chi connectivity index (χ3n) is 4.66. The summed E-state index contributed by atoms with van der Waals surface area (Å²) >= 11 is 0. The Morgan fingerprint density at radius 2 is 1.85 bits per heavy atom. The van der Waals surface area contributed by atoms with Gasteiger partial charge in [0.1, 0.15) is 5.69 Å². The zero-order valence-electron chi connectivity index (χ0n) is 14.3. The van der Waals surface area contributed by atoms with Gasteiger partial charge in [0.2, 0.25) is 11.6 Å². The van der Waals surface area contributed by atoms with E-state index in [4.69, 9.17) is 5.11 Å². The first-order chi connectivity index (χ1) is 13.0. The van der Waals surface area contributed by atoms with Gasteiger partial charge in [-0.25, -0.2) is 4.68 Å². The van der Waals surface area contributed by atoms with Crippen molar-refractivity contribution in [3.05, 3.63) is 76.4 Å². The van der Waals surface area contributed by atoms with Crippen molar-refractivity contribution in [2.24, 2.45) is 0 Å². The summed E-state index contributed by atoms with van der Waals surface area (Å²) in [5.41, 5.74) is 2.18. The van der Waals surface area contributed by atoms with Crippen LogP contribution >= 0.6 is 0 Å². The van der Waals surface area contributed by atoms with Crippen LogP contribution in [0.15, 0.2) is 42.7 Å². The van der Waals surface area contributed by atoms with Crippen molar-refractivity contribution in [2.75, 3.05) is 0 Å². The largest absolute Gasteiger partial charge is 0.481 e. The third kappa shape index (κ3) is 2.71. The number of hydrogen-bond acceptors (Lipinski definition) is 6. The zero-order valence-corrected chi connectivity index (χ0v) is 14.3. The Labute approximate surface area is 153 Å². The molecule has 8 heteroatoms. The van der Waals surface area contributed by atoms with Gasteiger partial charge in [0, 0.05) is 18.0 Å². The van der Waals surface area contributed by atoms with Crippen LogP contribution in [0.2, 0.25) is 0 Å². The van der Waals surface area contributed by atoms with Crippen LogP contribution in [0.3, 0.4) is 0 Å². The minimum atomic E-state index is -0.899. The van der Waals surface area contributed by atoms with Crippen molar-refractivity contribution in [1.82, 2.24) is 20.0 Å². The van der Waals surface area contributed by atoms with Crippen LogP contribution in [0.5, 0.6) is 0 Å². The summed E-state index contributed by atoms with van der Waals surface area (Å²) in [6, 6.07) is 8.49. The van der Waals surface area contributed by atoms with E-state index in [0.29, 0.717) is 5.56 Å². The molecule has 4 rings (SSSR count). The molecule has 134 valence electrons. The first-order valence-corrected chi connectivity index (χ1v) is 8.26. The molecular formula is C19H14N4O4. The maximum atomic E-state index is 12.8. The number of aromatic nitrogens is 4. The van der Waals surface area contributed by atoms with Gasteiger partial charge in [0.05, 0.1) is 18.0 Å². The molecule has 1 aromatic carbocycles. The van der Waals surface area contributed by atoms with E-state index in [1.165, 1.54) is 23.1 Å². The van der Waals surface area contributed by atoms with Gasteiger partial charge in [-0.1, -0.05) is 29.5 Å². The Morgan fingerprint density at radius 3 is 2.56 bits per heavy atom. The van der Waals surface area contributed by atoms with E-state index in [2.05, 4.69) is 15.3 Å². The van der Waals surface area contributed by atoms with Crippen LogP contribution in [0, 0.1) is 0 Å². The molecule has 0 amide bonds. The fourth-order valence-electron chi connectivity index (χ4n) is 3.06. The lowest BCUT2D eigenvalue weighted by Gasteiger charge is -2.14. The number of carboxylic acid groups (broad SMARTS) is 1. The number of rotatable bonds is 4. The summed E-state index contributed by atoms with van der Waals surface area (Å²) in [6.07, 6.45) is 2.83. The van der Waals surface area contributed by atoms with E-state index in [9.17, 15) is 14.4 Å². The van der Waals surface area contributed by atoms with Crippen molar-refractivity contribution in [1.29, 1.82) is 0 Å². The molecule has 0 spiro atoms. The molecule has 0 bridgehead atoms. The molecule has 1 N–H and O–H groups in total. The Kier molecular flexibility index (Phi) is 3.88. The summed E-state index contributed by atoms with van der Waals surface area (Å²) in [4.78, 5) is 40.3. The van der Waals surface area contributed by atoms with Crippen LogP contribution in [0.25, 0.3) is 0 Å². The Morgan fingerprint density at radius 1 is 1.11 bits per heavy atom. The van der Waals surface area contributed by atoms with Crippen molar-refractivity contribution in [2.45, 2.75) is 19.4 Å². The van der Waals surface area contributed by atoms with E-state index in [-0.39, 0.29) is 40.6 Å². The van der Waals surface area contributed by atoms with Crippen LogP contribution < -0.4 is 0 Å². The highest BCUT2D eigenvalue weighted by Crippen LogP contribution is 2.25. The van der Waals surface area contributed by atoms with Crippen LogP contribution in [0.1, 0.15) is 56.1 Å². The molecule has 2 aromatic heterocycles. The summed E-state index contributed by atoms with van der Waals surface area (Å²) in [6.45, 7) is 1.85. The molecule has 3 aromatic rings. The molecule has 0 saturated carbocycles. The second kappa shape index (κ2) is 6.24. The average Bonchev–Trinajstić information content (AvgIpc) is 3.10. The number of carbonyl (C=O) groups excluding carboxylic acids is 2. The molecule has 27 heavy (non-hydrogen) atoms. The molecule has 0 radical (unpaired) electrons. The van der Waals surface area contributed by atoms with Gasteiger partial charge < -0.3 is 5.11 Å². The third-order valence-corrected chi connectivity index (χ3v) is 4.66. The standard InChI is InChI=1S/C19H14N4O4/c1-10(19(26)27)12-4-2-11(3-5-12)9-23-16-15(21-22-23)17(24)13-6-7-20-8-14(13)18(16)25/h2-8,10H,9H2,1H3,(H,26,27). The van der Waals surface area contributed by atoms with Crippen molar-refractivity contribution >= 4 is 17.5 Å². The highest BCUT2D eigenvalue weighted by atomic mass is 16.4. The molecular weight excluding hydrogens is 348 g/mol. The molecule has 0 fully saturated rings. The summed E-state index contributed by atoms with van der Waals surface area (Å²) in [5, 5.41) is 17.0. The number of carboxylic acids is 1.